The van der Waals surface area contributed by atoms with E-state index in [1.165, 1.54) is 11.3 Å². The molecule has 1 aromatic carbocycles. The summed E-state index contributed by atoms with van der Waals surface area (Å²) in [6.07, 6.45) is 0. The summed E-state index contributed by atoms with van der Waals surface area (Å²) >= 11 is 7.37. The van der Waals surface area contributed by atoms with Crippen LogP contribution in [0.4, 0.5) is 0 Å². The number of rotatable bonds is 4. The van der Waals surface area contributed by atoms with E-state index >= 15 is 0 Å². The van der Waals surface area contributed by atoms with Gasteiger partial charge in [-0.1, -0.05) is 29.8 Å². The van der Waals surface area contributed by atoms with Crippen molar-refractivity contribution in [1.29, 1.82) is 0 Å². The molecule has 0 spiro atoms. The molecule has 2 rings (SSSR count). The molecule has 1 heterocycles. The summed E-state index contributed by atoms with van der Waals surface area (Å²) in [7, 11) is 0. The fourth-order valence-corrected chi connectivity index (χ4v) is 2.43. The highest BCUT2D eigenvalue weighted by Gasteiger charge is 2.12. The normalized spacial score (nSPS) is 10.1. The van der Waals surface area contributed by atoms with Crippen LogP contribution in [-0.2, 0) is 22.7 Å². The predicted molar refractivity (Wildman–Crippen MR) is 79.5 cm³/mol. The minimum Gasteiger partial charge on any atom is -0.344 e. The zero-order valence-electron chi connectivity index (χ0n) is 10.6. The lowest BCUT2D eigenvalue weighted by Gasteiger charge is -2.06. The molecule has 0 bridgehead atoms. The number of nitrogens with one attached hydrogen (secondary N) is 2. The first-order valence-electron chi connectivity index (χ1n) is 5.98. The molecule has 0 aliphatic heterocycles. The van der Waals surface area contributed by atoms with Crippen LogP contribution in [0.25, 0.3) is 0 Å². The monoisotopic (exact) mass is 308 g/mol. The fraction of sp³-hybridized carbons (Fsp3) is 0.143. The lowest BCUT2D eigenvalue weighted by Crippen LogP contribution is -2.39. The third-order valence-corrected chi connectivity index (χ3v) is 3.66. The molecule has 0 unspecified atom stereocenters. The Bertz CT molecular complexity index is 599. The van der Waals surface area contributed by atoms with E-state index in [2.05, 4.69) is 10.6 Å². The molecule has 1 aromatic heterocycles. The summed E-state index contributed by atoms with van der Waals surface area (Å²) in [5.74, 6) is -1.29. The van der Waals surface area contributed by atoms with E-state index in [1.54, 1.807) is 18.2 Å². The number of benzene rings is 1. The number of thiophene rings is 1. The summed E-state index contributed by atoms with van der Waals surface area (Å²) in [6, 6.07) is 10.9. The Hall–Kier alpha value is -1.85. The van der Waals surface area contributed by atoms with E-state index < -0.39 is 11.8 Å². The van der Waals surface area contributed by atoms with E-state index in [-0.39, 0.29) is 6.54 Å². The first-order chi connectivity index (χ1) is 9.65. The molecule has 0 atom stereocenters. The molecular formula is C14H13ClN2O2S. The topological polar surface area (TPSA) is 58.2 Å². The number of carbonyl (C=O) groups excluding carboxylic acids is 2. The standard InChI is InChI=1S/C14H13ClN2O2S/c15-11-4-1-3-10(7-11)8-16-13(18)14(19)17-9-12-5-2-6-20-12/h1-7H,8-9H2,(H,16,18)(H,17,19). The van der Waals surface area contributed by atoms with Crippen molar-refractivity contribution < 1.29 is 9.59 Å². The average molecular weight is 309 g/mol. The Morgan fingerprint density at radius 2 is 1.80 bits per heavy atom. The number of hydrogen-bond donors (Lipinski definition) is 2. The van der Waals surface area contributed by atoms with Gasteiger partial charge in [-0.2, -0.15) is 0 Å². The number of carbonyl (C=O) groups is 2. The highest BCUT2D eigenvalue weighted by atomic mass is 35.5. The van der Waals surface area contributed by atoms with Crippen LogP contribution >= 0.6 is 22.9 Å². The van der Waals surface area contributed by atoms with Gasteiger partial charge in [0.15, 0.2) is 0 Å². The van der Waals surface area contributed by atoms with Crippen LogP contribution in [0.1, 0.15) is 10.4 Å². The van der Waals surface area contributed by atoms with Crippen LogP contribution in [0.2, 0.25) is 5.02 Å². The Balaban J connectivity index is 1.78. The molecule has 6 heteroatoms. The minimum atomic E-state index is -0.651. The van der Waals surface area contributed by atoms with E-state index in [1.807, 2.05) is 23.6 Å². The van der Waals surface area contributed by atoms with Crippen molar-refractivity contribution in [2.45, 2.75) is 13.1 Å². The molecule has 0 aliphatic rings. The summed E-state index contributed by atoms with van der Waals surface area (Å²) in [4.78, 5) is 24.2. The lowest BCUT2D eigenvalue weighted by molar-refractivity contribution is -0.139. The predicted octanol–water partition coefficient (Wildman–Crippen LogP) is 2.33. The maximum absolute atomic E-state index is 11.6. The molecule has 0 saturated heterocycles. The first-order valence-corrected chi connectivity index (χ1v) is 7.24. The molecule has 2 amide bonds. The molecular weight excluding hydrogens is 296 g/mol. The van der Waals surface area contributed by atoms with Crippen molar-refractivity contribution in [2.24, 2.45) is 0 Å². The van der Waals surface area contributed by atoms with Crippen molar-refractivity contribution in [3.8, 4) is 0 Å². The lowest BCUT2D eigenvalue weighted by atomic mass is 10.2. The van der Waals surface area contributed by atoms with E-state index in [0.717, 1.165) is 10.4 Å². The second kappa shape index (κ2) is 7.07. The highest BCUT2D eigenvalue weighted by molar-refractivity contribution is 7.09. The Labute approximate surface area is 125 Å². The van der Waals surface area contributed by atoms with Gasteiger partial charge in [0, 0.05) is 16.4 Å². The summed E-state index contributed by atoms with van der Waals surface area (Å²) in [6.45, 7) is 0.632. The fourth-order valence-electron chi connectivity index (χ4n) is 1.57. The second-order valence-corrected chi connectivity index (χ2v) is 5.54. The molecule has 20 heavy (non-hydrogen) atoms. The van der Waals surface area contributed by atoms with Crippen LogP contribution in [-0.4, -0.2) is 11.8 Å². The molecule has 0 aliphatic carbocycles. The Morgan fingerprint density at radius 3 is 2.45 bits per heavy atom. The third-order valence-electron chi connectivity index (χ3n) is 2.55. The van der Waals surface area contributed by atoms with E-state index in [9.17, 15) is 9.59 Å². The quantitative estimate of drug-likeness (QED) is 0.852. The molecule has 104 valence electrons. The van der Waals surface area contributed by atoms with E-state index in [4.69, 9.17) is 11.6 Å². The van der Waals surface area contributed by atoms with Gasteiger partial charge in [-0.25, -0.2) is 0 Å². The second-order valence-electron chi connectivity index (χ2n) is 4.07. The van der Waals surface area contributed by atoms with E-state index in [0.29, 0.717) is 11.6 Å². The minimum absolute atomic E-state index is 0.270. The van der Waals surface area contributed by atoms with Gasteiger partial charge in [0.2, 0.25) is 0 Å². The van der Waals surface area contributed by atoms with Gasteiger partial charge in [0.05, 0.1) is 6.54 Å². The van der Waals surface area contributed by atoms with Crippen molar-refractivity contribution in [1.82, 2.24) is 10.6 Å². The van der Waals surface area contributed by atoms with Crippen LogP contribution in [0.15, 0.2) is 41.8 Å². The largest absolute Gasteiger partial charge is 0.344 e. The summed E-state index contributed by atoms with van der Waals surface area (Å²) in [5, 5.41) is 7.63. The van der Waals surface area contributed by atoms with Crippen molar-refractivity contribution in [2.75, 3.05) is 0 Å². The first kappa shape index (κ1) is 14.6. The number of halogens is 1. The Morgan fingerprint density at radius 1 is 1.05 bits per heavy atom. The summed E-state index contributed by atoms with van der Waals surface area (Å²) in [5.41, 5.74) is 0.844. The zero-order chi connectivity index (χ0) is 14.4. The molecule has 4 nitrogen and oxygen atoms in total. The average Bonchev–Trinajstić information content (AvgIpc) is 2.95. The zero-order valence-corrected chi connectivity index (χ0v) is 12.1. The highest BCUT2D eigenvalue weighted by Crippen LogP contribution is 2.10. The van der Waals surface area contributed by atoms with Crippen LogP contribution in [0.5, 0.6) is 0 Å². The molecule has 0 radical (unpaired) electrons. The molecule has 0 saturated carbocycles. The molecule has 2 N–H and O–H groups in total. The van der Waals surface area contributed by atoms with Gasteiger partial charge in [-0.15, -0.1) is 11.3 Å². The van der Waals surface area contributed by atoms with Crippen molar-refractivity contribution >= 4 is 34.8 Å². The van der Waals surface area contributed by atoms with Gasteiger partial charge in [0.25, 0.3) is 0 Å². The maximum atomic E-state index is 11.6. The van der Waals surface area contributed by atoms with Gasteiger partial charge < -0.3 is 10.6 Å². The summed E-state index contributed by atoms with van der Waals surface area (Å²) < 4.78 is 0. The van der Waals surface area contributed by atoms with Crippen molar-refractivity contribution in [3.63, 3.8) is 0 Å². The SMILES string of the molecule is O=C(NCc1cccc(Cl)c1)C(=O)NCc1cccs1. The van der Waals surface area contributed by atoms with Crippen LogP contribution in [0, 0.1) is 0 Å². The smallest absolute Gasteiger partial charge is 0.309 e. The van der Waals surface area contributed by atoms with Crippen LogP contribution in [0.3, 0.4) is 0 Å². The number of hydrogen-bond acceptors (Lipinski definition) is 3. The van der Waals surface area contributed by atoms with Gasteiger partial charge in [0.1, 0.15) is 0 Å². The maximum Gasteiger partial charge on any atom is 0.309 e. The van der Waals surface area contributed by atoms with Gasteiger partial charge >= 0.3 is 11.8 Å². The molecule has 0 fully saturated rings. The van der Waals surface area contributed by atoms with Gasteiger partial charge in [-0.3, -0.25) is 9.59 Å². The number of amides is 2. The third kappa shape index (κ3) is 4.36. The molecule has 2 aromatic rings. The van der Waals surface area contributed by atoms with Gasteiger partial charge in [-0.05, 0) is 29.1 Å². The van der Waals surface area contributed by atoms with Crippen molar-refractivity contribution in [3.05, 3.63) is 57.2 Å². The van der Waals surface area contributed by atoms with Crippen LogP contribution < -0.4 is 10.6 Å². The Kier molecular flexibility index (Phi) is 5.15.